The molecule has 5 heteroatoms. The maximum absolute atomic E-state index is 12.9. The van der Waals surface area contributed by atoms with Crippen molar-refractivity contribution in [2.75, 3.05) is 26.7 Å². The summed E-state index contributed by atoms with van der Waals surface area (Å²) in [6.07, 6.45) is 0.910. The SMILES string of the molecule is CCCNC(=O)CN(C)C(CN)c1ccc(F)cc1. The summed E-state index contributed by atoms with van der Waals surface area (Å²) in [5.41, 5.74) is 6.66. The van der Waals surface area contributed by atoms with Crippen molar-refractivity contribution in [1.82, 2.24) is 10.2 Å². The third-order valence-electron chi connectivity index (χ3n) is 2.98. The van der Waals surface area contributed by atoms with Gasteiger partial charge >= 0.3 is 0 Å². The van der Waals surface area contributed by atoms with E-state index >= 15 is 0 Å². The molecular formula is C14H22FN3O. The van der Waals surface area contributed by atoms with Gasteiger partial charge in [0.2, 0.25) is 5.91 Å². The number of nitrogens with one attached hydrogen (secondary N) is 1. The molecule has 0 bridgehead atoms. The van der Waals surface area contributed by atoms with E-state index in [0.29, 0.717) is 13.1 Å². The number of hydrogen-bond acceptors (Lipinski definition) is 3. The van der Waals surface area contributed by atoms with Crippen LogP contribution < -0.4 is 11.1 Å². The predicted octanol–water partition coefficient (Wildman–Crippen LogP) is 1.28. The molecule has 4 nitrogen and oxygen atoms in total. The van der Waals surface area contributed by atoms with E-state index in [1.807, 2.05) is 18.9 Å². The van der Waals surface area contributed by atoms with Crippen molar-refractivity contribution in [1.29, 1.82) is 0 Å². The maximum atomic E-state index is 12.9. The molecule has 0 fully saturated rings. The van der Waals surface area contributed by atoms with Crippen LogP contribution in [0.25, 0.3) is 0 Å². The Bertz CT molecular complexity index is 394. The van der Waals surface area contributed by atoms with Crippen LogP contribution in [0.1, 0.15) is 24.9 Å². The number of hydrogen-bond donors (Lipinski definition) is 2. The number of benzene rings is 1. The second kappa shape index (κ2) is 7.86. The van der Waals surface area contributed by atoms with Gasteiger partial charge in [-0.3, -0.25) is 9.69 Å². The van der Waals surface area contributed by atoms with Crippen molar-refractivity contribution in [3.05, 3.63) is 35.6 Å². The average molecular weight is 267 g/mol. The topological polar surface area (TPSA) is 58.4 Å². The van der Waals surface area contributed by atoms with Gasteiger partial charge in [0.05, 0.1) is 6.54 Å². The van der Waals surface area contributed by atoms with Gasteiger partial charge in [-0.25, -0.2) is 4.39 Å². The molecule has 3 N–H and O–H groups in total. The van der Waals surface area contributed by atoms with Gasteiger partial charge < -0.3 is 11.1 Å². The van der Waals surface area contributed by atoms with E-state index in [9.17, 15) is 9.18 Å². The lowest BCUT2D eigenvalue weighted by molar-refractivity contribution is -0.122. The standard InChI is InChI=1S/C14H22FN3O/c1-3-8-17-14(19)10-18(2)13(9-16)11-4-6-12(15)7-5-11/h4-7,13H,3,8-10,16H2,1-2H3,(H,17,19). The van der Waals surface area contributed by atoms with Crippen LogP contribution >= 0.6 is 0 Å². The summed E-state index contributed by atoms with van der Waals surface area (Å²) in [7, 11) is 1.84. The number of carbonyl (C=O) groups is 1. The van der Waals surface area contributed by atoms with Crippen molar-refractivity contribution < 1.29 is 9.18 Å². The lowest BCUT2D eigenvalue weighted by atomic mass is 10.1. The van der Waals surface area contributed by atoms with Crippen molar-refractivity contribution >= 4 is 5.91 Å². The molecule has 0 aromatic heterocycles. The van der Waals surface area contributed by atoms with E-state index in [1.54, 1.807) is 12.1 Å². The maximum Gasteiger partial charge on any atom is 0.234 e. The minimum absolute atomic E-state index is 0.0232. The van der Waals surface area contributed by atoms with E-state index in [2.05, 4.69) is 5.32 Å². The molecule has 0 saturated carbocycles. The Morgan fingerprint density at radius 3 is 2.58 bits per heavy atom. The minimum atomic E-state index is -0.275. The Kier molecular flexibility index (Phi) is 6.45. The molecule has 1 unspecified atom stereocenters. The Hall–Kier alpha value is -1.46. The number of rotatable bonds is 7. The van der Waals surface area contributed by atoms with Crippen molar-refractivity contribution in [3.63, 3.8) is 0 Å². The third-order valence-corrected chi connectivity index (χ3v) is 2.98. The number of carbonyl (C=O) groups excluding carboxylic acids is 1. The summed E-state index contributed by atoms with van der Waals surface area (Å²) in [6, 6.07) is 6.13. The molecule has 19 heavy (non-hydrogen) atoms. The molecule has 0 radical (unpaired) electrons. The molecule has 1 amide bonds. The smallest absolute Gasteiger partial charge is 0.234 e. The molecule has 0 heterocycles. The molecule has 106 valence electrons. The van der Waals surface area contributed by atoms with Crippen molar-refractivity contribution in [2.45, 2.75) is 19.4 Å². The molecule has 0 aliphatic heterocycles. The number of nitrogens with two attached hydrogens (primary N) is 1. The summed E-state index contributed by atoms with van der Waals surface area (Å²) in [5, 5.41) is 2.82. The monoisotopic (exact) mass is 267 g/mol. The van der Waals surface area contributed by atoms with Gasteiger partial charge in [0, 0.05) is 19.1 Å². The fraction of sp³-hybridized carbons (Fsp3) is 0.500. The fourth-order valence-electron chi connectivity index (χ4n) is 1.91. The Balaban J connectivity index is 2.63. The van der Waals surface area contributed by atoms with E-state index in [4.69, 9.17) is 5.73 Å². The summed E-state index contributed by atoms with van der Waals surface area (Å²) in [5.74, 6) is -0.298. The second-order valence-electron chi connectivity index (χ2n) is 4.57. The van der Waals surface area contributed by atoms with Crippen LogP contribution in [0.3, 0.4) is 0 Å². The summed E-state index contributed by atoms with van der Waals surface area (Å²) in [4.78, 5) is 13.5. The molecule has 1 aromatic rings. The molecule has 1 aromatic carbocycles. The number of halogens is 1. The largest absolute Gasteiger partial charge is 0.355 e. The number of nitrogens with zero attached hydrogens (tertiary/aromatic N) is 1. The van der Waals surface area contributed by atoms with Crippen LogP contribution in [-0.4, -0.2) is 37.5 Å². The van der Waals surface area contributed by atoms with Gasteiger partial charge in [-0.1, -0.05) is 19.1 Å². The molecule has 0 spiro atoms. The fourth-order valence-corrected chi connectivity index (χ4v) is 1.91. The first-order valence-electron chi connectivity index (χ1n) is 6.51. The van der Waals surface area contributed by atoms with Crippen LogP contribution in [0.2, 0.25) is 0 Å². The Morgan fingerprint density at radius 2 is 2.05 bits per heavy atom. The van der Waals surface area contributed by atoms with E-state index in [-0.39, 0.29) is 24.3 Å². The first kappa shape index (κ1) is 15.6. The van der Waals surface area contributed by atoms with Crippen molar-refractivity contribution in [2.24, 2.45) is 5.73 Å². The molecule has 0 saturated heterocycles. The molecule has 1 atom stereocenters. The van der Waals surface area contributed by atoms with Crippen LogP contribution in [-0.2, 0) is 4.79 Å². The van der Waals surface area contributed by atoms with Crippen LogP contribution in [0.15, 0.2) is 24.3 Å². The van der Waals surface area contributed by atoms with Gasteiger partial charge in [0.1, 0.15) is 5.82 Å². The first-order valence-corrected chi connectivity index (χ1v) is 6.51. The van der Waals surface area contributed by atoms with Gasteiger partial charge in [0.15, 0.2) is 0 Å². The van der Waals surface area contributed by atoms with E-state index in [1.165, 1.54) is 12.1 Å². The Morgan fingerprint density at radius 1 is 1.42 bits per heavy atom. The normalized spacial score (nSPS) is 12.5. The highest BCUT2D eigenvalue weighted by Crippen LogP contribution is 2.18. The van der Waals surface area contributed by atoms with Gasteiger partial charge in [-0.15, -0.1) is 0 Å². The third kappa shape index (κ3) is 4.96. The minimum Gasteiger partial charge on any atom is -0.355 e. The molecule has 0 aliphatic rings. The second-order valence-corrected chi connectivity index (χ2v) is 4.57. The Labute approximate surface area is 113 Å². The van der Waals surface area contributed by atoms with E-state index < -0.39 is 0 Å². The zero-order valence-electron chi connectivity index (χ0n) is 11.5. The van der Waals surface area contributed by atoms with Gasteiger partial charge in [-0.05, 0) is 31.2 Å². The first-order chi connectivity index (χ1) is 9.08. The van der Waals surface area contributed by atoms with Gasteiger partial charge in [0.25, 0.3) is 0 Å². The summed E-state index contributed by atoms with van der Waals surface area (Å²) < 4.78 is 12.9. The van der Waals surface area contributed by atoms with Crippen LogP contribution in [0, 0.1) is 5.82 Å². The predicted molar refractivity (Wildman–Crippen MR) is 74.1 cm³/mol. The quantitative estimate of drug-likeness (QED) is 0.782. The van der Waals surface area contributed by atoms with E-state index in [0.717, 1.165) is 12.0 Å². The van der Waals surface area contributed by atoms with Crippen molar-refractivity contribution in [3.8, 4) is 0 Å². The zero-order valence-corrected chi connectivity index (χ0v) is 11.5. The lowest BCUT2D eigenvalue weighted by Gasteiger charge is -2.26. The summed E-state index contributed by atoms with van der Waals surface area (Å²) in [6.45, 7) is 3.34. The molecular weight excluding hydrogens is 245 g/mol. The highest BCUT2D eigenvalue weighted by atomic mass is 19.1. The van der Waals surface area contributed by atoms with Crippen LogP contribution in [0.5, 0.6) is 0 Å². The molecule has 0 aliphatic carbocycles. The average Bonchev–Trinajstić information content (AvgIpc) is 2.39. The van der Waals surface area contributed by atoms with Gasteiger partial charge in [-0.2, -0.15) is 0 Å². The number of amides is 1. The highest BCUT2D eigenvalue weighted by Gasteiger charge is 2.17. The lowest BCUT2D eigenvalue weighted by Crippen LogP contribution is -2.39. The highest BCUT2D eigenvalue weighted by molar-refractivity contribution is 5.78. The zero-order chi connectivity index (χ0) is 14.3. The molecule has 1 rings (SSSR count). The number of likely N-dealkylation sites (N-methyl/N-ethyl adjacent to an activating group) is 1. The summed E-state index contributed by atoms with van der Waals surface area (Å²) >= 11 is 0. The van der Waals surface area contributed by atoms with Crippen LogP contribution in [0.4, 0.5) is 4.39 Å².